The summed E-state index contributed by atoms with van der Waals surface area (Å²) in [4.78, 5) is 16.0. The van der Waals surface area contributed by atoms with Crippen LogP contribution < -0.4 is 10.1 Å². The molecule has 18 heavy (non-hydrogen) atoms. The summed E-state index contributed by atoms with van der Waals surface area (Å²) in [5.41, 5.74) is 1.11. The lowest BCUT2D eigenvalue weighted by atomic mass is 10.3. The van der Waals surface area contributed by atoms with E-state index in [-0.39, 0.29) is 5.91 Å². The first-order valence-electron chi connectivity index (χ1n) is 5.74. The second-order valence-corrected chi connectivity index (χ2v) is 3.98. The zero-order valence-corrected chi connectivity index (χ0v) is 9.67. The van der Waals surface area contributed by atoms with Crippen molar-refractivity contribution < 1.29 is 9.53 Å². The molecular formula is C12H12N4O2. The molecule has 1 amide bonds. The number of rotatable bonds is 2. The highest BCUT2D eigenvalue weighted by Gasteiger charge is 2.21. The van der Waals surface area contributed by atoms with E-state index in [1.807, 2.05) is 0 Å². The van der Waals surface area contributed by atoms with E-state index < -0.39 is 0 Å². The number of aromatic nitrogens is 3. The number of nitrogens with one attached hydrogen (secondary N) is 1. The van der Waals surface area contributed by atoms with Gasteiger partial charge in [-0.25, -0.2) is 4.68 Å². The zero-order valence-electron chi connectivity index (χ0n) is 9.67. The van der Waals surface area contributed by atoms with Crippen LogP contribution in [0.2, 0.25) is 0 Å². The molecule has 0 aliphatic carbocycles. The van der Waals surface area contributed by atoms with E-state index in [0.717, 1.165) is 13.0 Å². The summed E-state index contributed by atoms with van der Waals surface area (Å²) in [5, 5.41) is 6.89. The van der Waals surface area contributed by atoms with Crippen LogP contribution in [0.5, 0.6) is 5.88 Å². The molecule has 0 saturated heterocycles. The van der Waals surface area contributed by atoms with Crippen molar-refractivity contribution in [3.63, 3.8) is 0 Å². The quantitative estimate of drug-likeness (QED) is 0.864. The van der Waals surface area contributed by atoms with E-state index in [1.54, 1.807) is 29.2 Å². The molecule has 0 spiro atoms. The highest BCUT2D eigenvalue weighted by atomic mass is 16.5. The Hall–Kier alpha value is -2.37. The molecule has 1 aliphatic heterocycles. The fourth-order valence-corrected chi connectivity index (χ4v) is 1.86. The molecule has 92 valence electrons. The molecule has 2 aromatic rings. The Morgan fingerprint density at radius 1 is 1.44 bits per heavy atom. The Morgan fingerprint density at radius 2 is 2.39 bits per heavy atom. The lowest BCUT2D eigenvalue weighted by Gasteiger charge is -2.15. The van der Waals surface area contributed by atoms with Gasteiger partial charge in [0.2, 0.25) is 5.88 Å². The third-order valence-corrected chi connectivity index (χ3v) is 2.71. The van der Waals surface area contributed by atoms with Gasteiger partial charge >= 0.3 is 0 Å². The standard InChI is InChI=1S/C12H12N4O2/c17-11(15-9-3-1-4-13-7-9)10-8-14-16-5-2-6-18-12(10)16/h1,3-4,7-8H,2,5-6H2,(H,15,17). The zero-order chi connectivity index (χ0) is 12.4. The first-order chi connectivity index (χ1) is 8.84. The summed E-state index contributed by atoms with van der Waals surface area (Å²) in [6.07, 6.45) is 5.69. The van der Waals surface area contributed by atoms with Crippen LogP contribution in [0, 0.1) is 0 Å². The van der Waals surface area contributed by atoms with Crippen molar-refractivity contribution in [3.8, 4) is 5.88 Å². The normalized spacial score (nSPS) is 13.6. The average Bonchev–Trinajstić information content (AvgIpc) is 2.84. The van der Waals surface area contributed by atoms with Crippen LogP contribution in [-0.4, -0.2) is 27.3 Å². The summed E-state index contributed by atoms with van der Waals surface area (Å²) in [5.74, 6) is 0.314. The molecule has 3 rings (SSSR count). The highest BCUT2D eigenvalue weighted by Crippen LogP contribution is 2.23. The van der Waals surface area contributed by atoms with Gasteiger partial charge in [-0.05, 0) is 12.1 Å². The Balaban J connectivity index is 1.83. The van der Waals surface area contributed by atoms with Crippen LogP contribution in [0.15, 0.2) is 30.7 Å². The summed E-state index contributed by atoms with van der Waals surface area (Å²) in [6, 6.07) is 3.54. The third kappa shape index (κ3) is 1.92. The Kier molecular flexibility index (Phi) is 2.68. The molecule has 6 nitrogen and oxygen atoms in total. The maximum atomic E-state index is 12.1. The molecule has 3 heterocycles. The molecule has 0 bridgehead atoms. The number of fused-ring (bicyclic) bond motifs is 1. The van der Waals surface area contributed by atoms with Gasteiger partial charge < -0.3 is 10.1 Å². The number of anilines is 1. The van der Waals surface area contributed by atoms with Crippen molar-refractivity contribution in [2.45, 2.75) is 13.0 Å². The van der Waals surface area contributed by atoms with Crippen molar-refractivity contribution in [2.24, 2.45) is 0 Å². The number of hydrogen-bond acceptors (Lipinski definition) is 4. The fourth-order valence-electron chi connectivity index (χ4n) is 1.86. The molecule has 0 unspecified atom stereocenters. The molecule has 1 aliphatic rings. The minimum atomic E-state index is -0.230. The fraction of sp³-hybridized carbons (Fsp3) is 0.250. The van der Waals surface area contributed by atoms with Gasteiger partial charge in [-0.3, -0.25) is 9.78 Å². The Bertz CT molecular complexity index is 565. The van der Waals surface area contributed by atoms with Gasteiger partial charge in [0.1, 0.15) is 5.56 Å². The molecule has 0 radical (unpaired) electrons. The minimum absolute atomic E-state index is 0.230. The molecule has 1 N–H and O–H groups in total. The van der Waals surface area contributed by atoms with Crippen LogP contribution in [0.3, 0.4) is 0 Å². The Morgan fingerprint density at radius 3 is 3.22 bits per heavy atom. The largest absolute Gasteiger partial charge is 0.477 e. The van der Waals surface area contributed by atoms with Crippen LogP contribution in [0.4, 0.5) is 5.69 Å². The topological polar surface area (TPSA) is 69.0 Å². The summed E-state index contributed by atoms with van der Waals surface area (Å²) in [6.45, 7) is 1.41. The summed E-state index contributed by atoms with van der Waals surface area (Å²) >= 11 is 0. The molecule has 6 heteroatoms. The van der Waals surface area contributed by atoms with Gasteiger partial charge in [-0.15, -0.1) is 0 Å². The number of aryl methyl sites for hydroxylation is 1. The van der Waals surface area contributed by atoms with Crippen LogP contribution >= 0.6 is 0 Å². The van der Waals surface area contributed by atoms with Crippen molar-refractivity contribution in [2.75, 3.05) is 11.9 Å². The van der Waals surface area contributed by atoms with Crippen molar-refractivity contribution in [1.82, 2.24) is 14.8 Å². The van der Waals surface area contributed by atoms with E-state index in [4.69, 9.17) is 4.74 Å². The van der Waals surface area contributed by atoms with E-state index in [9.17, 15) is 4.79 Å². The van der Waals surface area contributed by atoms with Crippen molar-refractivity contribution in [3.05, 3.63) is 36.3 Å². The van der Waals surface area contributed by atoms with Gasteiger partial charge in [0.05, 0.1) is 24.7 Å². The second kappa shape index (κ2) is 4.48. The predicted octanol–water partition coefficient (Wildman–Crippen LogP) is 1.31. The van der Waals surface area contributed by atoms with E-state index in [1.165, 1.54) is 6.20 Å². The first kappa shape index (κ1) is 10.8. The van der Waals surface area contributed by atoms with E-state index >= 15 is 0 Å². The number of nitrogens with zero attached hydrogens (tertiary/aromatic N) is 3. The van der Waals surface area contributed by atoms with Gasteiger partial charge in [0.25, 0.3) is 5.91 Å². The van der Waals surface area contributed by atoms with Crippen LogP contribution in [0.25, 0.3) is 0 Å². The van der Waals surface area contributed by atoms with Crippen molar-refractivity contribution >= 4 is 11.6 Å². The molecule has 0 fully saturated rings. The maximum absolute atomic E-state index is 12.1. The molecule has 0 atom stereocenters. The van der Waals surface area contributed by atoms with E-state index in [0.29, 0.717) is 23.7 Å². The lowest BCUT2D eigenvalue weighted by molar-refractivity contribution is 0.102. The number of hydrogen-bond donors (Lipinski definition) is 1. The molecule has 0 aromatic carbocycles. The number of pyridine rings is 1. The SMILES string of the molecule is O=C(Nc1cccnc1)c1cnn2c1OCCC2. The molecular weight excluding hydrogens is 232 g/mol. The molecule has 2 aromatic heterocycles. The number of amides is 1. The lowest BCUT2D eigenvalue weighted by Crippen LogP contribution is -2.18. The first-order valence-corrected chi connectivity index (χ1v) is 5.74. The van der Waals surface area contributed by atoms with Gasteiger partial charge in [-0.1, -0.05) is 0 Å². The maximum Gasteiger partial charge on any atom is 0.262 e. The number of carbonyl (C=O) groups is 1. The number of ether oxygens (including phenoxy) is 1. The van der Waals surface area contributed by atoms with Crippen LogP contribution in [0.1, 0.15) is 16.8 Å². The van der Waals surface area contributed by atoms with E-state index in [2.05, 4.69) is 15.4 Å². The predicted molar refractivity (Wildman–Crippen MR) is 64.5 cm³/mol. The van der Waals surface area contributed by atoms with Crippen LogP contribution in [-0.2, 0) is 6.54 Å². The van der Waals surface area contributed by atoms with Gasteiger partial charge in [0, 0.05) is 19.2 Å². The molecule has 0 saturated carbocycles. The second-order valence-electron chi connectivity index (χ2n) is 3.98. The monoisotopic (exact) mass is 244 g/mol. The average molecular weight is 244 g/mol. The Labute approximate surface area is 104 Å². The summed E-state index contributed by atoms with van der Waals surface area (Å²) in [7, 11) is 0. The van der Waals surface area contributed by atoms with Crippen molar-refractivity contribution in [1.29, 1.82) is 0 Å². The number of carbonyl (C=O) groups excluding carboxylic acids is 1. The van der Waals surface area contributed by atoms with Gasteiger partial charge in [-0.2, -0.15) is 5.10 Å². The van der Waals surface area contributed by atoms with Gasteiger partial charge in [0.15, 0.2) is 0 Å². The smallest absolute Gasteiger partial charge is 0.262 e. The summed E-state index contributed by atoms with van der Waals surface area (Å²) < 4.78 is 7.19. The third-order valence-electron chi connectivity index (χ3n) is 2.71. The minimum Gasteiger partial charge on any atom is -0.477 e. The highest BCUT2D eigenvalue weighted by molar-refractivity contribution is 6.05.